The van der Waals surface area contributed by atoms with E-state index in [9.17, 15) is 4.39 Å². The van der Waals surface area contributed by atoms with Crippen molar-refractivity contribution in [2.75, 3.05) is 0 Å². The van der Waals surface area contributed by atoms with Crippen LogP contribution in [0.15, 0.2) is 40.8 Å². The fourth-order valence-electron chi connectivity index (χ4n) is 6.46. The van der Waals surface area contributed by atoms with Gasteiger partial charge < -0.3 is 9.73 Å². The van der Waals surface area contributed by atoms with Crippen LogP contribution in [0.2, 0.25) is 0 Å². The first-order chi connectivity index (χ1) is 12.6. The maximum Gasteiger partial charge on any atom is 0.137 e. The highest BCUT2D eigenvalue weighted by Gasteiger charge is 2.52. The van der Waals surface area contributed by atoms with E-state index in [2.05, 4.69) is 12.2 Å². The first-order valence-electron chi connectivity index (χ1n) is 10.2. The molecule has 4 bridgehead atoms. The van der Waals surface area contributed by atoms with Gasteiger partial charge in [-0.1, -0.05) is 12.1 Å². The Bertz CT molecular complexity index is 760. The van der Waals surface area contributed by atoms with Gasteiger partial charge in [0.15, 0.2) is 0 Å². The number of halogens is 1. The van der Waals surface area contributed by atoms with Gasteiger partial charge in [0.2, 0.25) is 0 Å². The van der Waals surface area contributed by atoms with Crippen molar-refractivity contribution in [3.8, 4) is 11.3 Å². The summed E-state index contributed by atoms with van der Waals surface area (Å²) < 4.78 is 19.9. The summed E-state index contributed by atoms with van der Waals surface area (Å²) in [4.78, 5) is 0. The van der Waals surface area contributed by atoms with Crippen LogP contribution in [0.5, 0.6) is 0 Å². The van der Waals surface area contributed by atoms with Crippen molar-refractivity contribution in [2.24, 2.45) is 23.2 Å². The first kappa shape index (κ1) is 16.6. The number of benzene rings is 1. The Labute approximate surface area is 155 Å². The standard InChI is InChI=1S/C23H28FNO/c1-15(23-11-16-8-17(12-23)10-18(9-16)13-23)25-14-19-6-7-22(26-19)20-4-2-3-5-21(20)24/h2-7,15-18,25H,8-14H2,1H3. The zero-order valence-electron chi connectivity index (χ0n) is 15.5. The predicted octanol–water partition coefficient (Wildman–Crippen LogP) is 5.78. The van der Waals surface area contributed by atoms with E-state index in [0.717, 1.165) is 30.1 Å². The molecule has 3 heteroatoms. The maximum atomic E-state index is 13.9. The number of rotatable bonds is 5. The second-order valence-electron chi connectivity index (χ2n) is 9.13. The van der Waals surface area contributed by atoms with E-state index in [1.54, 1.807) is 12.1 Å². The summed E-state index contributed by atoms with van der Waals surface area (Å²) in [6.45, 7) is 3.09. The molecule has 4 saturated carbocycles. The normalized spacial score (nSPS) is 33.5. The average molecular weight is 353 g/mol. The molecule has 1 aromatic heterocycles. The molecule has 0 spiro atoms. The molecular formula is C23H28FNO. The molecule has 138 valence electrons. The van der Waals surface area contributed by atoms with Crippen molar-refractivity contribution >= 4 is 0 Å². The molecule has 4 aliphatic rings. The minimum Gasteiger partial charge on any atom is -0.460 e. The molecule has 1 atom stereocenters. The molecule has 0 saturated heterocycles. The molecule has 1 N–H and O–H groups in total. The minimum atomic E-state index is -0.233. The van der Waals surface area contributed by atoms with Crippen molar-refractivity contribution in [2.45, 2.75) is 58.0 Å². The van der Waals surface area contributed by atoms with Crippen LogP contribution in [0.1, 0.15) is 51.2 Å². The lowest BCUT2D eigenvalue weighted by molar-refractivity contribution is -0.0708. The smallest absolute Gasteiger partial charge is 0.137 e. The van der Waals surface area contributed by atoms with Crippen LogP contribution in [-0.2, 0) is 6.54 Å². The van der Waals surface area contributed by atoms with Gasteiger partial charge in [-0.15, -0.1) is 0 Å². The Morgan fingerprint density at radius 1 is 1.04 bits per heavy atom. The van der Waals surface area contributed by atoms with Gasteiger partial charge in [-0.3, -0.25) is 0 Å². The second kappa shape index (κ2) is 6.23. The summed E-state index contributed by atoms with van der Waals surface area (Å²) in [5, 5.41) is 3.75. The van der Waals surface area contributed by atoms with Gasteiger partial charge in [0.1, 0.15) is 17.3 Å². The minimum absolute atomic E-state index is 0.233. The highest BCUT2D eigenvalue weighted by Crippen LogP contribution is 2.61. The largest absolute Gasteiger partial charge is 0.460 e. The van der Waals surface area contributed by atoms with Gasteiger partial charge in [0, 0.05) is 6.04 Å². The first-order valence-corrected chi connectivity index (χ1v) is 10.2. The fourth-order valence-corrected chi connectivity index (χ4v) is 6.46. The third-order valence-corrected chi connectivity index (χ3v) is 7.39. The molecule has 1 aromatic carbocycles. The number of hydrogen-bond donors (Lipinski definition) is 1. The van der Waals surface area contributed by atoms with Crippen LogP contribution in [0.3, 0.4) is 0 Å². The Balaban J connectivity index is 1.26. The summed E-state index contributed by atoms with van der Waals surface area (Å²) in [6, 6.07) is 11.2. The zero-order valence-corrected chi connectivity index (χ0v) is 15.5. The van der Waals surface area contributed by atoms with E-state index in [1.165, 1.54) is 44.6 Å². The van der Waals surface area contributed by atoms with Gasteiger partial charge in [-0.25, -0.2) is 4.39 Å². The quantitative estimate of drug-likeness (QED) is 0.737. The average Bonchev–Trinajstić information content (AvgIpc) is 3.07. The summed E-state index contributed by atoms with van der Waals surface area (Å²) >= 11 is 0. The van der Waals surface area contributed by atoms with Crippen LogP contribution in [-0.4, -0.2) is 6.04 Å². The van der Waals surface area contributed by atoms with Gasteiger partial charge in [0.05, 0.1) is 12.1 Å². The summed E-state index contributed by atoms with van der Waals surface area (Å²) in [5.74, 6) is 4.19. The fraction of sp³-hybridized carbons (Fsp3) is 0.565. The van der Waals surface area contributed by atoms with Crippen LogP contribution in [0.25, 0.3) is 11.3 Å². The van der Waals surface area contributed by atoms with Crippen LogP contribution in [0.4, 0.5) is 4.39 Å². The molecule has 26 heavy (non-hydrogen) atoms. The molecule has 2 nitrogen and oxygen atoms in total. The lowest BCUT2D eigenvalue weighted by Crippen LogP contribution is -2.54. The van der Waals surface area contributed by atoms with Crippen molar-refractivity contribution in [3.63, 3.8) is 0 Å². The highest BCUT2D eigenvalue weighted by atomic mass is 19.1. The summed E-state index contributed by atoms with van der Waals surface area (Å²) in [7, 11) is 0. The van der Waals surface area contributed by atoms with Crippen molar-refractivity contribution in [1.82, 2.24) is 5.32 Å². The second-order valence-corrected chi connectivity index (χ2v) is 9.13. The Hall–Kier alpha value is -1.61. The third kappa shape index (κ3) is 2.81. The molecule has 1 heterocycles. The van der Waals surface area contributed by atoms with E-state index in [1.807, 2.05) is 18.2 Å². The van der Waals surface area contributed by atoms with Gasteiger partial charge in [0.25, 0.3) is 0 Å². The molecule has 4 aliphatic carbocycles. The molecule has 0 aliphatic heterocycles. The highest BCUT2D eigenvalue weighted by molar-refractivity contribution is 5.58. The number of furan rings is 1. The summed E-state index contributed by atoms with van der Waals surface area (Å²) in [5.41, 5.74) is 1.03. The van der Waals surface area contributed by atoms with Crippen LogP contribution < -0.4 is 5.32 Å². The van der Waals surface area contributed by atoms with E-state index in [4.69, 9.17) is 4.42 Å². The maximum absolute atomic E-state index is 13.9. The number of nitrogens with one attached hydrogen (secondary N) is 1. The van der Waals surface area contributed by atoms with Gasteiger partial charge in [-0.05, 0) is 92.9 Å². The van der Waals surface area contributed by atoms with E-state index in [0.29, 0.717) is 22.8 Å². The van der Waals surface area contributed by atoms with Gasteiger partial charge >= 0.3 is 0 Å². The zero-order chi connectivity index (χ0) is 17.7. The van der Waals surface area contributed by atoms with Gasteiger partial charge in [-0.2, -0.15) is 0 Å². The van der Waals surface area contributed by atoms with E-state index < -0.39 is 0 Å². The van der Waals surface area contributed by atoms with Crippen molar-refractivity contribution in [1.29, 1.82) is 0 Å². The molecule has 6 rings (SSSR count). The number of hydrogen-bond acceptors (Lipinski definition) is 2. The lowest BCUT2D eigenvalue weighted by atomic mass is 9.48. The lowest BCUT2D eigenvalue weighted by Gasteiger charge is -2.59. The molecule has 1 unspecified atom stereocenters. The molecule has 2 aromatic rings. The summed E-state index contributed by atoms with van der Waals surface area (Å²) in [6.07, 6.45) is 8.67. The Kier molecular flexibility index (Phi) is 3.97. The molecule has 0 radical (unpaired) electrons. The van der Waals surface area contributed by atoms with E-state index in [-0.39, 0.29) is 5.82 Å². The molecule has 4 fully saturated rings. The Morgan fingerprint density at radius 2 is 1.69 bits per heavy atom. The Morgan fingerprint density at radius 3 is 2.35 bits per heavy atom. The topological polar surface area (TPSA) is 25.2 Å². The van der Waals surface area contributed by atoms with Crippen LogP contribution in [0, 0.1) is 29.0 Å². The van der Waals surface area contributed by atoms with Crippen molar-refractivity contribution < 1.29 is 8.81 Å². The monoisotopic (exact) mass is 353 g/mol. The SMILES string of the molecule is CC(NCc1ccc(-c2ccccc2F)o1)C12CC3CC(CC(C3)C1)C2. The third-order valence-electron chi connectivity index (χ3n) is 7.39. The molecular weight excluding hydrogens is 325 g/mol. The predicted molar refractivity (Wildman–Crippen MR) is 101 cm³/mol. The van der Waals surface area contributed by atoms with Crippen molar-refractivity contribution in [3.05, 3.63) is 48.0 Å². The van der Waals surface area contributed by atoms with Crippen LogP contribution >= 0.6 is 0 Å². The van der Waals surface area contributed by atoms with E-state index >= 15 is 0 Å². The molecule has 0 amide bonds.